The Balaban J connectivity index is 1.98. The summed E-state index contributed by atoms with van der Waals surface area (Å²) in [6.07, 6.45) is 4.67. The molecule has 0 aliphatic carbocycles. The molecule has 21 heavy (non-hydrogen) atoms. The fraction of sp³-hybridized carbons (Fsp3) is 0.471. The minimum Gasteiger partial charge on any atom is -0.451 e. The molecule has 1 N–H and O–H groups in total. The van der Waals surface area contributed by atoms with Gasteiger partial charge in [0.25, 0.3) is 5.91 Å². The number of carbonyl (C=O) groups excluding carboxylic acids is 1. The summed E-state index contributed by atoms with van der Waals surface area (Å²) in [4.78, 5) is 12.2. The van der Waals surface area contributed by atoms with Crippen molar-refractivity contribution in [2.24, 2.45) is 5.92 Å². The standard InChI is InChI=1S/C17H22BrNO2/c1-3-5-6-12(4-2)11-19-17(20)16-10-13-9-14(18)7-8-15(13)21-16/h7-10,12H,3-6,11H2,1-2H3,(H,19,20). The van der Waals surface area contributed by atoms with Gasteiger partial charge in [-0.3, -0.25) is 4.79 Å². The molecule has 3 nitrogen and oxygen atoms in total. The summed E-state index contributed by atoms with van der Waals surface area (Å²) in [5, 5.41) is 3.93. The van der Waals surface area contributed by atoms with Crippen molar-refractivity contribution in [1.82, 2.24) is 5.32 Å². The zero-order chi connectivity index (χ0) is 15.2. The number of fused-ring (bicyclic) bond motifs is 1. The largest absolute Gasteiger partial charge is 0.451 e. The summed E-state index contributed by atoms with van der Waals surface area (Å²) < 4.78 is 6.58. The number of benzene rings is 1. The summed E-state index contributed by atoms with van der Waals surface area (Å²) >= 11 is 3.42. The van der Waals surface area contributed by atoms with Crippen molar-refractivity contribution in [1.29, 1.82) is 0 Å². The molecule has 0 bridgehead atoms. The fourth-order valence-corrected chi connectivity index (χ4v) is 2.77. The Labute approximate surface area is 134 Å². The van der Waals surface area contributed by atoms with Crippen molar-refractivity contribution < 1.29 is 9.21 Å². The lowest BCUT2D eigenvalue weighted by Gasteiger charge is -2.14. The van der Waals surface area contributed by atoms with Crippen molar-refractivity contribution in [2.75, 3.05) is 6.54 Å². The molecule has 1 unspecified atom stereocenters. The van der Waals surface area contributed by atoms with Crippen LogP contribution in [0.4, 0.5) is 0 Å². The Hall–Kier alpha value is -1.29. The van der Waals surface area contributed by atoms with Crippen LogP contribution in [0.25, 0.3) is 11.0 Å². The molecule has 0 fully saturated rings. The molecule has 0 aliphatic heterocycles. The minimum atomic E-state index is -0.128. The Morgan fingerprint density at radius 2 is 2.14 bits per heavy atom. The highest BCUT2D eigenvalue weighted by molar-refractivity contribution is 9.10. The summed E-state index contributed by atoms with van der Waals surface area (Å²) in [6, 6.07) is 7.52. The fourth-order valence-electron chi connectivity index (χ4n) is 2.39. The molecule has 4 heteroatoms. The van der Waals surface area contributed by atoms with E-state index in [0.717, 1.165) is 28.4 Å². The number of furan rings is 1. The van der Waals surface area contributed by atoms with E-state index in [1.54, 1.807) is 6.07 Å². The van der Waals surface area contributed by atoms with E-state index in [1.807, 2.05) is 18.2 Å². The predicted octanol–water partition coefficient (Wildman–Crippen LogP) is 5.14. The maximum absolute atomic E-state index is 12.2. The first-order chi connectivity index (χ1) is 10.1. The van der Waals surface area contributed by atoms with Gasteiger partial charge in [-0.2, -0.15) is 0 Å². The summed E-state index contributed by atoms with van der Waals surface area (Å²) in [5.74, 6) is 0.804. The molecule has 2 rings (SSSR count). The maximum Gasteiger partial charge on any atom is 0.287 e. The third-order valence-corrected chi connectivity index (χ3v) is 4.29. The van der Waals surface area contributed by atoms with Gasteiger partial charge in [0, 0.05) is 16.4 Å². The number of hydrogen-bond donors (Lipinski definition) is 1. The Bertz CT molecular complexity index is 606. The second-order valence-corrected chi connectivity index (χ2v) is 6.34. The molecular formula is C17H22BrNO2. The highest BCUT2D eigenvalue weighted by Crippen LogP contribution is 2.23. The van der Waals surface area contributed by atoms with Gasteiger partial charge in [0.2, 0.25) is 0 Å². The third-order valence-electron chi connectivity index (χ3n) is 3.80. The second kappa shape index (κ2) is 7.64. The highest BCUT2D eigenvalue weighted by atomic mass is 79.9. The van der Waals surface area contributed by atoms with Crippen LogP contribution in [0.1, 0.15) is 50.1 Å². The molecule has 1 atom stereocenters. The van der Waals surface area contributed by atoms with Gasteiger partial charge in [-0.25, -0.2) is 0 Å². The van der Waals surface area contributed by atoms with Crippen molar-refractivity contribution in [2.45, 2.75) is 39.5 Å². The van der Waals surface area contributed by atoms with Gasteiger partial charge in [0.15, 0.2) is 5.76 Å². The Morgan fingerprint density at radius 1 is 1.33 bits per heavy atom. The van der Waals surface area contributed by atoms with Gasteiger partial charge in [-0.1, -0.05) is 49.0 Å². The molecule has 0 saturated heterocycles. The zero-order valence-electron chi connectivity index (χ0n) is 12.6. The topological polar surface area (TPSA) is 42.2 Å². The van der Waals surface area contributed by atoms with E-state index < -0.39 is 0 Å². The summed E-state index contributed by atoms with van der Waals surface area (Å²) in [7, 11) is 0. The molecule has 0 saturated carbocycles. The predicted molar refractivity (Wildman–Crippen MR) is 89.6 cm³/mol. The van der Waals surface area contributed by atoms with Crippen LogP contribution in [0, 0.1) is 5.92 Å². The van der Waals surface area contributed by atoms with E-state index in [2.05, 4.69) is 35.1 Å². The quantitative estimate of drug-likeness (QED) is 0.750. The lowest BCUT2D eigenvalue weighted by molar-refractivity contribution is 0.0920. The molecule has 0 spiro atoms. The van der Waals surface area contributed by atoms with Crippen LogP contribution in [0.2, 0.25) is 0 Å². The summed E-state index contributed by atoms with van der Waals surface area (Å²) in [6.45, 7) is 5.08. The van der Waals surface area contributed by atoms with Crippen molar-refractivity contribution >= 4 is 32.8 Å². The number of carbonyl (C=O) groups is 1. The smallest absolute Gasteiger partial charge is 0.287 e. The van der Waals surface area contributed by atoms with Gasteiger partial charge >= 0.3 is 0 Å². The first-order valence-electron chi connectivity index (χ1n) is 7.61. The average molecular weight is 352 g/mol. The molecule has 1 heterocycles. The van der Waals surface area contributed by atoms with E-state index >= 15 is 0 Å². The van der Waals surface area contributed by atoms with Gasteiger partial charge in [-0.15, -0.1) is 0 Å². The van der Waals surface area contributed by atoms with E-state index in [-0.39, 0.29) is 5.91 Å². The number of halogens is 1. The zero-order valence-corrected chi connectivity index (χ0v) is 14.2. The normalized spacial score (nSPS) is 12.5. The van der Waals surface area contributed by atoms with E-state index in [1.165, 1.54) is 19.3 Å². The Kier molecular flexibility index (Phi) is 5.85. The Morgan fingerprint density at radius 3 is 2.86 bits per heavy atom. The lowest BCUT2D eigenvalue weighted by Crippen LogP contribution is -2.28. The van der Waals surface area contributed by atoms with E-state index in [4.69, 9.17) is 4.42 Å². The summed E-state index contributed by atoms with van der Waals surface area (Å²) in [5.41, 5.74) is 0.737. The van der Waals surface area contributed by atoms with Crippen molar-refractivity contribution in [3.63, 3.8) is 0 Å². The van der Waals surface area contributed by atoms with Crippen molar-refractivity contribution in [3.8, 4) is 0 Å². The minimum absolute atomic E-state index is 0.128. The van der Waals surface area contributed by atoms with Gasteiger partial charge in [0.1, 0.15) is 5.58 Å². The van der Waals surface area contributed by atoms with Gasteiger partial charge in [-0.05, 0) is 36.6 Å². The van der Waals surface area contributed by atoms with Crippen LogP contribution in [0.3, 0.4) is 0 Å². The van der Waals surface area contributed by atoms with Gasteiger partial charge in [0.05, 0.1) is 0 Å². The molecule has 2 aromatic rings. The molecule has 0 radical (unpaired) electrons. The third kappa shape index (κ3) is 4.34. The lowest BCUT2D eigenvalue weighted by atomic mass is 9.99. The highest BCUT2D eigenvalue weighted by Gasteiger charge is 2.14. The van der Waals surface area contributed by atoms with Crippen molar-refractivity contribution in [3.05, 3.63) is 34.5 Å². The molecule has 114 valence electrons. The maximum atomic E-state index is 12.2. The van der Waals surface area contributed by atoms with Crippen LogP contribution < -0.4 is 5.32 Å². The second-order valence-electron chi connectivity index (χ2n) is 5.42. The first-order valence-corrected chi connectivity index (χ1v) is 8.40. The van der Waals surface area contributed by atoms with Gasteiger partial charge < -0.3 is 9.73 Å². The monoisotopic (exact) mass is 351 g/mol. The number of rotatable bonds is 7. The molecule has 0 aliphatic rings. The number of unbranched alkanes of at least 4 members (excludes halogenated alkanes) is 1. The SMILES string of the molecule is CCCCC(CC)CNC(=O)c1cc2cc(Br)ccc2o1. The molecule has 1 amide bonds. The molecule has 1 aromatic heterocycles. The molecule has 1 aromatic carbocycles. The number of hydrogen-bond acceptors (Lipinski definition) is 2. The first kappa shape index (κ1) is 16.1. The average Bonchev–Trinajstić information content (AvgIpc) is 2.90. The molecular weight excluding hydrogens is 330 g/mol. The van der Waals surface area contributed by atoms with Crippen LogP contribution in [0.5, 0.6) is 0 Å². The van der Waals surface area contributed by atoms with Crippen LogP contribution in [-0.2, 0) is 0 Å². The number of nitrogens with one attached hydrogen (secondary N) is 1. The van der Waals surface area contributed by atoms with Crippen LogP contribution in [0.15, 0.2) is 33.2 Å². The van der Waals surface area contributed by atoms with Crippen LogP contribution >= 0.6 is 15.9 Å². The number of amides is 1. The van der Waals surface area contributed by atoms with E-state index in [0.29, 0.717) is 11.7 Å². The van der Waals surface area contributed by atoms with Crippen LogP contribution in [-0.4, -0.2) is 12.5 Å². The van der Waals surface area contributed by atoms with E-state index in [9.17, 15) is 4.79 Å².